The first-order chi connectivity index (χ1) is 13.7. The average molecular weight is 367 g/mol. The van der Waals surface area contributed by atoms with E-state index in [1.165, 1.54) is 0 Å². The number of aromatic nitrogens is 1. The number of hydrogen-bond donors (Lipinski definition) is 0. The molecule has 4 heteroatoms. The summed E-state index contributed by atoms with van der Waals surface area (Å²) >= 11 is 0. The zero-order valence-electron chi connectivity index (χ0n) is 15.0. The fourth-order valence-corrected chi connectivity index (χ4v) is 2.89. The molecule has 0 aliphatic heterocycles. The molecule has 1 aromatic heterocycles. The molecule has 0 unspecified atom stereocenters. The zero-order valence-corrected chi connectivity index (χ0v) is 15.0. The fraction of sp³-hybridized carbons (Fsp3) is 0. The van der Waals surface area contributed by atoms with E-state index >= 15 is 0 Å². The lowest BCUT2D eigenvalue weighted by Crippen LogP contribution is -2.09. The summed E-state index contributed by atoms with van der Waals surface area (Å²) in [5.41, 5.74) is 3.22. The lowest BCUT2D eigenvalue weighted by Gasteiger charge is -2.07. The van der Waals surface area contributed by atoms with Crippen molar-refractivity contribution in [1.82, 2.24) is 4.57 Å². The first-order valence-electron chi connectivity index (χ1n) is 8.84. The number of aldehydes is 1. The molecule has 0 aliphatic rings. The Bertz CT molecular complexity index is 1090. The van der Waals surface area contributed by atoms with Gasteiger partial charge >= 0.3 is 0 Å². The molecule has 1 heterocycles. The molecule has 0 N–H and O–H groups in total. The molecule has 0 amide bonds. The average Bonchev–Trinajstić information content (AvgIpc) is 3.25. The molecule has 4 aromatic rings. The van der Waals surface area contributed by atoms with Crippen LogP contribution in [0.25, 0.3) is 11.1 Å². The number of rotatable bonds is 5. The number of nitrogens with zero attached hydrogens (tertiary/aromatic N) is 1. The van der Waals surface area contributed by atoms with E-state index < -0.39 is 0 Å². The van der Waals surface area contributed by atoms with Crippen molar-refractivity contribution in [3.05, 3.63) is 108 Å². The lowest BCUT2D eigenvalue weighted by molar-refractivity contribution is 0.0960. The molecule has 28 heavy (non-hydrogen) atoms. The first-order valence-corrected chi connectivity index (χ1v) is 8.84. The normalized spacial score (nSPS) is 10.4. The van der Waals surface area contributed by atoms with Crippen LogP contribution in [0.2, 0.25) is 0 Å². The largest absolute Gasteiger partial charge is 0.457 e. The molecule has 0 fully saturated rings. The van der Waals surface area contributed by atoms with Crippen LogP contribution < -0.4 is 4.74 Å². The molecule has 0 aliphatic carbocycles. The third kappa shape index (κ3) is 3.76. The highest BCUT2D eigenvalue weighted by Gasteiger charge is 2.10. The van der Waals surface area contributed by atoms with E-state index in [9.17, 15) is 9.59 Å². The molecule has 0 bridgehead atoms. The van der Waals surface area contributed by atoms with E-state index in [1.54, 1.807) is 59.3 Å². The van der Waals surface area contributed by atoms with Crippen molar-refractivity contribution in [3.63, 3.8) is 0 Å². The summed E-state index contributed by atoms with van der Waals surface area (Å²) in [5, 5.41) is 0. The summed E-state index contributed by atoms with van der Waals surface area (Å²) < 4.78 is 7.33. The highest BCUT2D eigenvalue weighted by atomic mass is 16.5. The molecule has 4 rings (SSSR count). The predicted molar refractivity (Wildman–Crippen MR) is 108 cm³/mol. The van der Waals surface area contributed by atoms with Gasteiger partial charge in [-0.2, -0.15) is 0 Å². The summed E-state index contributed by atoms with van der Waals surface area (Å²) in [5.74, 6) is 1.14. The Kier molecular flexibility index (Phi) is 4.85. The van der Waals surface area contributed by atoms with Crippen LogP contribution in [0.4, 0.5) is 0 Å². The Hall–Kier alpha value is -3.92. The van der Waals surface area contributed by atoms with Crippen LogP contribution in [0.15, 0.2) is 97.3 Å². The Morgan fingerprint density at radius 2 is 1.39 bits per heavy atom. The Morgan fingerprint density at radius 3 is 2.04 bits per heavy atom. The third-order valence-electron chi connectivity index (χ3n) is 4.39. The fourth-order valence-electron chi connectivity index (χ4n) is 2.89. The van der Waals surface area contributed by atoms with Gasteiger partial charge in [-0.3, -0.25) is 14.2 Å². The number of benzene rings is 3. The summed E-state index contributed by atoms with van der Waals surface area (Å²) in [4.78, 5) is 23.4. The van der Waals surface area contributed by atoms with Crippen molar-refractivity contribution in [3.8, 4) is 22.6 Å². The zero-order chi connectivity index (χ0) is 19.3. The maximum atomic E-state index is 12.7. The van der Waals surface area contributed by atoms with Gasteiger partial charge in [0.15, 0.2) is 0 Å². The molecule has 0 atom stereocenters. The Balaban J connectivity index is 1.48. The van der Waals surface area contributed by atoms with Crippen molar-refractivity contribution in [1.29, 1.82) is 0 Å². The number of carbonyl (C=O) groups excluding carboxylic acids is 2. The summed E-state index contributed by atoms with van der Waals surface area (Å²) in [6.45, 7) is 0. The predicted octanol–water partition coefficient (Wildman–Crippen LogP) is 5.45. The molecule has 0 saturated heterocycles. The molecule has 3 aromatic carbocycles. The molecule has 0 spiro atoms. The molecule has 0 saturated carbocycles. The smallest absolute Gasteiger partial charge is 0.261 e. The van der Waals surface area contributed by atoms with Crippen LogP contribution in [-0.2, 0) is 0 Å². The number of hydrogen-bond acceptors (Lipinski definition) is 3. The molecule has 0 radical (unpaired) electrons. The monoisotopic (exact) mass is 367 g/mol. The van der Waals surface area contributed by atoms with Gasteiger partial charge in [0.2, 0.25) is 0 Å². The van der Waals surface area contributed by atoms with E-state index in [0.29, 0.717) is 22.6 Å². The minimum absolute atomic E-state index is 0.107. The standard InChI is InChI=1S/C24H17NO3/c26-17-18-6-10-22(11-7-18)28-23-12-8-20(9-13-23)24(27)25-15-14-21(16-25)19-4-2-1-3-5-19/h1-17H. The van der Waals surface area contributed by atoms with Gasteiger partial charge in [-0.15, -0.1) is 0 Å². The van der Waals surface area contributed by atoms with Crippen LogP contribution in [0, 0.1) is 0 Å². The Labute approximate surface area is 162 Å². The van der Waals surface area contributed by atoms with Crippen molar-refractivity contribution < 1.29 is 14.3 Å². The molecule has 4 nitrogen and oxygen atoms in total. The highest BCUT2D eigenvalue weighted by molar-refractivity contribution is 5.96. The van der Waals surface area contributed by atoms with Crippen molar-refractivity contribution in [2.24, 2.45) is 0 Å². The van der Waals surface area contributed by atoms with E-state index in [2.05, 4.69) is 0 Å². The van der Waals surface area contributed by atoms with Crippen LogP contribution in [-0.4, -0.2) is 16.8 Å². The number of ether oxygens (including phenoxy) is 1. The van der Waals surface area contributed by atoms with Gasteiger partial charge < -0.3 is 4.74 Å². The molecular weight excluding hydrogens is 350 g/mol. The van der Waals surface area contributed by atoms with Crippen molar-refractivity contribution in [2.45, 2.75) is 0 Å². The van der Waals surface area contributed by atoms with Crippen LogP contribution in [0.5, 0.6) is 11.5 Å². The topological polar surface area (TPSA) is 48.3 Å². The molecule has 136 valence electrons. The minimum atomic E-state index is -0.107. The summed E-state index contributed by atoms with van der Waals surface area (Å²) in [6.07, 6.45) is 4.38. The van der Waals surface area contributed by atoms with Gasteiger partial charge in [-0.05, 0) is 65.7 Å². The quantitative estimate of drug-likeness (QED) is 0.441. The SMILES string of the molecule is O=Cc1ccc(Oc2ccc(C(=O)n3ccc(-c4ccccc4)c3)cc2)cc1. The van der Waals surface area contributed by atoms with Crippen molar-refractivity contribution >= 4 is 12.2 Å². The van der Waals surface area contributed by atoms with Crippen molar-refractivity contribution in [2.75, 3.05) is 0 Å². The van der Waals surface area contributed by atoms with Crippen LogP contribution in [0.3, 0.4) is 0 Å². The van der Waals surface area contributed by atoms with Gasteiger partial charge in [0, 0.05) is 23.5 Å². The molecular formula is C24H17NO3. The van der Waals surface area contributed by atoms with Crippen LogP contribution >= 0.6 is 0 Å². The van der Waals surface area contributed by atoms with E-state index in [0.717, 1.165) is 17.4 Å². The van der Waals surface area contributed by atoms with Crippen LogP contribution in [0.1, 0.15) is 20.7 Å². The van der Waals surface area contributed by atoms with E-state index in [-0.39, 0.29) is 5.91 Å². The van der Waals surface area contributed by atoms with Gasteiger partial charge in [-0.1, -0.05) is 30.3 Å². The van der Waals surface area contributed by atoms with Gasteiger partial charge in [0.1, 0.15) is 17.8 Å². The second kappa shape index (κ2) is 7.76. The maximum Gasteiger partial charge on any atom is 0.261 e. The third-order valence-corrected chi connectivity index (χ3v) is 4.39. The van der Waals surface area contributed by atoms with E-state index in [1.807, 2.05) is 42.6 Å². The summed E-state index contributed by atoms with van der Waals surface area (Å²) in [7, 11) is 0. The maximum absolute atomic E-state index is 12.7. The lowest BCUT2D eigenvalue weighted by atomic mass is 10.1. The van der Waals surface area contributed by atoms with Gasteiger partial charge in [0.25, 0.3) is 5.91 Å². The first kappa shape index (κ1) is 17.5. The second-order valence-corrected chi connectivity index (χ2v) is 6.29. The van der Waals surface area contributed by atoms with Gasteiger partial charge in [-0.25, -0.2) is 0 Å². The van der Waals surface area contributed by atoms with Gasteiger partial charge in [0.05, 0.1) is 0 Å². The summed E-state index contributed by atoms with van der Waals surface area (Å²) in [6, 6.07) is 25.7. The van der Waals surface area contributed by atoms with E-state index in [4.69, 9.17) is 4.74 Å². The highest BCUT2D eigenvalue weighted by Crippen LogP contribution is 2.23. The minimum Gasteiger partial charge on any atom is -0.457 e. The second-order valence-electron chi connectivity index (χ2n) is 6.29. The number of carbonyl (C=O) groups is 2. The Morgan fingerprint density at radius 1 is 0.750 bits per heavy atom.